The number of nitrogens with one attached hydrogen (secondary N) is 1. The number of piperidine rings is 1. The van der Waals surface area contributed by atoms with Crippen LogP contribution in [0.2, 0.25) is 0 Å². The first-order valence-electron chi connectivity index (χ1n) is 13.7. The maximum Gasteiger partial charge on any atom is 0.404 e. The summed E-state index contributed by atoms with van der Waals surface area (Å²) in [4.78, 5) is 26.7. The molecule has 2 heterocycles. The monoisotopic (exact) mass is 581 g/mol. The van der Waals surface area contributed by atoms with Crippen molar-refractivity contribution in [1.29, 1.82) is 0 Å². The quantitative estimate of drug-likeness (QED) is 0.132. The number of anilines is 2. The number of fused-ring (bicyclic) bond motifs is 1. The number of rotatable bonds is 10. The third-order valence-electron chi connectivity index (χ3n) is 7.56. The van der Waals surface area contributed by atoms with Crippen LogP contribution in [0.15, 0.2) is 83.3 Å². The first-order valence-corrected chi connectivity index (χ1v) is 13.7. The summed E-state index contributed by atoms with van der Waals surface area (Å²) in [5.41, 5.74) is 7.76. The number of hydrogen-bond acceptors (Lipinski definition) is 6. The zero-order chi connectivity index (χ0) is 29.7. The van der Waals surface area contributed by atoms with Gasteiger partial charge in [-0.05, 0) is 55.3 Å². The first-order chi connectivity index (χ1) is 20.2. The Hall–Kier alpha value is -4.35. The first kappa shape index (κ1) is 29.2. The lowest BCUT2D eigenvalue weighted by Gasteiger charge is -2.40. The number of amides is 2. The molecule has 4 aromatic rings. The highest BCUT2D eigenvalue weighted by molar-refractivity contribution is 6.05. The Morgan fingerprint density at radius 2 is 1.81 bits per heavy atom. The van der Waals surface area contributed by atoms with Crippen LogP contribution in [0, 0.1) is 0 Å². The standard InChI is InChI=1S/C31H31F3N4O4/c32-31(33,34)28-11-5-6-16-37(28)20-38(21-39,29-19-23-7-1-4-10-27(23)42-29)17-18-41-24-14-12-22(13-15-24)30(40)36-26-9-3-2-8-25(26)35/h1-4,7-10,12-15,19,21,28H,5-6,11,16-18,20,35H2/p+1. The summed E-state index contributed by atoms with van der Waals surface area (Å²) in [7, 11) is 0. The van der Waals surface area contributed by atoms with Gasteiger partial charge in [0.1, 0.15) is 37.2 Å². The molecule has 220 valence electrons. The van der Waals surface area contributed by atoms with Crippen molar-refractivity contribution in [1.82, 2.24) is 9.38 Å². The molecule has 3 aromatic carbocycles. The van der Waals surface area contributed by atoms with Gasteiger partial charge in [-0.1, -0.05) is 36.8 Å². The van der Waals surface area contributed by atoms with Crippen molar-refractivity contribution < 1.29 is 31.9 Å². The van der Waals surface area contributed by atoms with Crippen molar-refractivity contribution in [3.8, 4) is 5.75 Å². The molecule has 0 radical (unpaired) electrons. The number of hydrogen-bond donors (Lipinski definition) is 2. The minimum Gasteiger partial charge on any atom is -0.488 e. The molecule has 0 bridgehead atoms. The number of carbonyl (C=O) groups excluding carboxylic acids is 2. The molecule has 0 spiro atoms. The van der Waals surface area contributed by atoms with Crippen LogP contribution in [0.3, 0.4) is 0 Å². The van der Waals surface area contributed by atoms with Crippen molar-refractivity contribution >= 4 is 40.5 Å². The number of halogens is 3. The van der Waals surface area contributed by atoms with Crippen LogP contribution in [-0.4, -0.2) is 55.8 Å². The van der Waals surface area contributed by atoms with Crippen LogP contribution in [0.4, 0.5) is 30.4 Å². The zero-order valence-corrected chi connectivity index (χ0v) is 22.8. The Bertz CT molecular complexity index is 1510. The lowest BCUT2D eigenvalue weighted by molar-refractivity contribution is -0.196. The number of quaternary nitrogens is 1. The Kier molecular flexibility index (Phi) is 8.51. The molecule has 11 heteroatoms. The number of alkyl halides is 3. The topological polar surface area (TPSA) is 97.8 Å². The Morgan fingerprint density at radius 3 is 2.52 bits per heavy atom. The van der Waals surface area contributed by atoms with Crippen molar-refractivity contribution in [2.75, 3.05) is 37.4 Å². The average molecular weight is 582 g/mol. The molecule has 3 N–H and O–H groups in total. The molecule has 0 saturated carbocycles. The number of nitrogens with zero attached hydrogens (tertiary/aromatic N) is 2. The van der Waals surface area contributed by atoms with Gasteiger partial charge in [0, 0.05) is 17.5 Å². The van der Waals surface area contributed by atoms with Gasteiger partial charge in [-0.3, -0.25) is 4.79 Å². The number of ether oxygens (including phenoxy) is 1. The largest absolute Gasteiger partial charge is 0.488 e. The number of carbonyl (C=O) groups is 2. The van der Waals surface area contributed by atoms with E-state index in [4.69, 9.17) is 14.9 Å². The summed E-state index contributed by atoms with van der Waals surface area (Å²) in [6.45, 7) is 0.0438. The van der Waals surface area contributed by atoms with Crippen LogP contribution in [0.5, 0.6) is 5.75 Å². The minimum atomic E-state index is -4.41. The summed E-state index contributed by atoms with van der Waals surface area (Å²) in [6.07, 6.45) is -2.72. The van der Waals surface area contributed by atoms with Gasteiger partial charge in [0.25, 0.3) is 5.91 Å². The van der Waals surface area contributed by atoms with Crippen LogP contribution >= 0.6 is 0 Å². The van der Waals surface area contributed by atoms with Crippen LogP contribution in [0.1, 0.15) is 29.6 Å². The van der Waals surface area contributed by atoms with Crippen molar-refractivity contribution in [3.63, 3.8) is 0 Å². The molecule has 1 aliphatic rings. The summed E-state index contributed by atoms with van der Waals surface area (Å²) in [5, 5.41) is 3.50. The summed E-state index contributed by atoms with van der Waals surface area (Å²) in [6, 6.07) is 20.6. The van der Waals surface area contributed by atoms with E-state index in [2.05, 4.69) is 5.32 Å². The van der Waals surface area contributed by atoms with Gasteiger partial charge in [0.15, 0.2) is 0 Å². The molecule has 8 nitrogen and oxygen atoms in total. The zero-order valence-electron chi connectivity index (χ0n) is 22.8. The smallest absolute Gasteiger partial charge is 0.404 e. The predicted molar refractivity (Wildman–Crippen MR) is 155 cm³/mol. The molecule has 5 rings (SSSR count). The second-order valence-corrected chi connectivity index (χ2v) is 10.4. The summed E-state index contributed by atoms with van der Waals surface area (Å²) < 4.78 is 53.2. The normalized spacial score (nSPS) is 17.5. The molecular weight excluding hydrogens is 549 g/mol. The second-order valence-electron chi connectivity index (χ2n) is 10.4. The highest BCUT2D eigenvalue weighted by Crippen LogP contribution is 2.35. The van der Waals surface area contributed by atoms with E-state index < -0.39 is 16.7 Å². The highest BCUT2D eigenvalue weighted by Gasteiger charge is 2.48. The van der Waals surface area contributed by atoms with E-state index in [1.165, 1.54) is 4.90 Å². The van der Waals surface area contributed by atoms with E-state index in [9.17, 15) is 22.8 Å². The molecule has 2 amide bonds. The van der Waals surface area contributed by atoms with E-state index >= 15 is 0 Å². The number of nitrogen functional groups attached to an aromatic ring is 1. The number of benzene rings is 3. The van der Waals surface area contributed by atoms with E-state index in [1.807, 2.05) is 12.1 Å². The van der Waals surface area contributed by atoms with Gasteiger partial charge in [-0.2, -0.15) is 17.7 Å². The van der Waals surface area contributed by atoms with E-state index in [-0.39, 0.29) is 44.6 Å². The van der Waals surface area contributed by atoms with E-state index in [0.717, 1.165) is 5.39 Å². The van der Waals surface area contributed by atoms with E-state index in [0.29, 0.717) is 47.5 Å². The Morgan fingerprint density at radius 1 is 1.07 bits per heavy atom. The molecule has 1 aliphatic heterocycles. The van der Waals surface area contributed by atoms with Crippen LogP contribution in [0.25, 0.3) is 11.0 Å². The van der Waals surface area contributed by atoms with Gasteiger partial charge < -0.3 is 20.2 Å². The van der Waals surface area contributed by atoms with Crippen molar-refractivity contribution in [2.24, 2.45) is 0 Å². The molecule has 2 unspecified atom stereocenters. The van der Waals surface area contributed by atoms with Crippen LogP contribution in [-0.2, 0) is 4.79 Å². The predicted octanol–water partition coefficient (Wildman–Crippen LogP) is 6.18. The highest BCUT2D eigenvalue weighted by atomic mass is 19.4. The van der Waals surface area contributed by atoms with Crippen LogP contribution < -0.4 is 20.3 Å². The fraction of sp³-hybridized carbons (Fsp3) is 0.290. The molecule has 2 atom stereocenters. The number of nitrogens with two attached hydrogens (primary N) is 1. The van der Waals surface area contributed by atoms with Gasteiger partial charge in [-0.25, -0.2) is 9.69 Å². The lowest BCUT2D eigenvalue weighted by atomic mass is 10.0. The van der Waals surface area contributed by atoms with Gasteiger partial charge in [0.05, 0.1) is 17.4 Å². The molecule has 0 aliphatic carbocycles. The number of furan rings is 1. The third kappa shape index (κ3) is 6.42. The SMILES string of the molecule is Nc1ccccc1NC(=O)c1ccc(OCC[N+](C=O)(CN2CCCCC2C(F)(F)F)c2cc3ccccc3o2)cc1. The molecule has 1 fully saturated rings. The molecular formula is C31H32F3N4O4+. The fourth-order valence-corrected chi connectivity index (χ4v) is 5.27. The second kappa shape index (κ2) is 12.3. The maximum absolute atomic E-state index is 13.9. The summed E-state index contributed by atoms with van der Waals surface area (Å²) >= 11 is 0. The van der Waals surface area contributed by atoms with Gasteiger partial charge in [0.2, 0.25) is 0 Å². The van der Waals surface area contributed by atoms with Crippen molar-refractivity contribution in [3.05, 3.63) is 84.4 Å². The van der Waals surface area contributed by atoms with Gasteiger partial charge in [-0.15, -0.1) is 0 Å². The average Bonchev–Trinajstić information content (AvgIpc) is 3.43. The Labute approximate surface area is 241 Å². The molecule has 1 saturated heterocycles. The lowest BCUT2D eigenvalue weighted by Crippen LogP contribution is -2.61. The maximum atomic E-state index is 13.9. The van der Waals surface area contributed by atoms with E-state index in [1.54, 1.807) is 66.7 Å². The molecule has 1 aromatic heterocycles. The third-order valence-corrected chi connectivity index (χ3v) is 7.56. The summed E-state index contributed by atoms with van der Waals surface area (Å²) in [5.74, 6) is 0.334. The molecule has 42 heavy (non-hydrogen) atoms. The number of para-hydroxylation sites is 3. The minimum absolute atomic E-state index is 0.00635. The Balaban J connectivity index is 1.32. The number of likely N-dealkylation sites (tertiary alicyclic amines) is 1. The fourth-order valence-electron chi connectivity index (χ4n) is 5.27. The van der Waals surface area contributed by atoms with Crippen molar-refractivity contribution in [2.45, 2.75) is 31.5 Å². The van der Waals surface area contributed by atoms with Gasteiger partial charge >= 0.3 is 18.5 Å².